The van der Waals surface area contributed by atoms with E-state index in [1.807, 2.05) is 6.07 Å². The Balaban J connectivity index is 1.71. The van der Waals surface area contributed by atoms with Gasteiger partial charge in [-0.2, -0.15) is 5.26 Å². The van der Waals surface area contributed by atoms with Crippen LogP contribution in [0.5, 0.6) is 11.5 Å². The molecule has 1 heterocycles. The van der Waals surface area contributed by atoms with Crippen LogP contribution in [0.15, 0.2) is 46.9 Å². The molecule has 0 atom stereocenters. The normalized spacial score (nSPS) is 10.2. The number of aromatic nitrogens is 2. The highest BCUT2D eigenvalue weighted by atomic mass is 16.6. The lowest BCUT2D eigenvalue weighted by Gasteiger charge is -2.08. The minimum absolute atomic E-state index is 0.00222. The van der Waals surface area contributed by atoms with Crippen molar-refractivity contribution in [3.8, 4) is 29.0 Å². The van der Waals surface area contributed by atoms with Crippen molar-refractivity contribution in [2.24, 2.45) is 0 Å². The van der Waals surface area contributed by atoms with Gasteiger partial charge in [-0.1, -0.05) is 0 Å². The molecule has 2 aromatic carbocycles. The number of nitrogens with zero attached hydrogens (tertiary/aromatic N) is 4. The second kappa shape index (κ2) is 7.31. The second-order valence-corrected chi connectivity index (χ2v) is 5.07. The Kier molecular flexibility index (Phi) is 4.76. The van der Waals surface area contributed by atoms with Crippen LogP contribution < -0.4 is 9.47 Å². The van der Waals surface area contributed by atoms with Crippen molar-refractivity contribution in [2.45, 2.75) is 6.61 Å². The SMILES string of the molecule is COc1cc(C#N)ccc1OCc1nnc(-c2ccc([N+](=O)[O-])cc2)o1. The molecule has 0 unspecified atom stereocenters. The van der Waals surface area contributed by atoms with Gasteiger partial charge in [0, 0.05) is 23.8 Å². The standard InChI is InChI=1S/C17H12N4O5/c1-24-15-8-11(9-18)2-7-14(15)25-10-16-19-20-17(26-16)12-3-5-13(6-4-12)21(22)23/h2-8H,10H2,1H3. The van der Waals surface area contributed by atoms with Crippen LogP contribution in [0.1, 0.15) is 11.5 Å². The first-order chi connectivity index (χ1) is 12.6. The zero-order valence-corrected chi connectivity index (χ0v) is 13.6. The van der Waals surface area contributed by atoms with Gasteiger partial charge in [0.2, 0.25) is 5.89 Å². The van der Waals surface area contributed by atoms with Crippen LogP contribution in [-0.4, -0.2) is 22.2 Å². The maximum absolute atomic E-state index is 10.7. The lowest BCUT2D eigenvalue weighted by atomic mass is 10.2. The average molecular weight is 352 g/mol. The van der Waals surface area contributed by atoms with E-state index in [2.05, 4.69) is 10.2 Å². The summed E-state index contributed by atoms with van der Waals surface area (Å²) in [7, 11) is 1.47. The zero-order valence-electron chi connectivity index (χ0n) is 13.6. The fourth-order valence-corrected chi connectivity index (χ4v) is 2.15. The molecule has 0 bridgehead atoms. The average Bonchev–Trinajstić information content (AvgIpc) is 3.15. The van der Waals surface area contributed by atoms with E-state index < -0.39 is 4.92 Å². The Bertz CT molecular complexity index is 976. The Labute approximate surface area is 147 Å². The summed E-state index contributed by atoms with van der Waals surface area (Å²) in [5.74, 6) is 1.30. The van der Waals surface area contributed by atoms with Crippen molar-refractivity contribution in [3.05, 3.63) is 64.0 Å². The number of non-ortho nitro benzene ring substituents is 1. The summed E-state index contributed by atoms with van der Waals surface area (Å²) in [5, 5.41) is 27.4. The van der Waals surface area contributed by atoms with Gasteiger partial charge in [-0.25, -0.2) is 0 Å². The van der Waals surface area contributed by atoms with Crippen LogP contribution in [0.4, 0.5) is 5.69 Å². The van der Waals surface area contributed by atoms with E-state index >= 15 is 0 Å². The molecule has 0 amide bonds. The number of ether oxygens (including phenoxy) is 2. The van der Waals surface area contributed by atoms with Gasteiger partial charge in [0.15, 0.2) is 18.1 Å². The predicted octanol–water partition coefficient (Wildman–Crippen LogP) is 3.10. The lowest BCUT2D eigenvalue weighted by molar-refractivity contribution is -0.384. The molecule has 0 saturated heterocycles. The minimum Gasteiger partial charge on any atom is -0.493 e. The third kappa shape index (κ3) is 3.59. The van der Waals surface area contributed by atoms with E-state index in [1.165, 1.54) is 31.4 Å². The molecule has 3 rings (SSSR count). The summed E-state index contributed by atoms with van der Waals surface area (Å²) >= 11 is 0. The van der Waals surface area contributed by atoms with Gasteiger partial charge in [-0.3, -0.25) is 10.1 Å². The van der Waals surface area contributed by atoms with Crippen molar-refractivity contribution in [1.82, 2.24) is 10.2 Å². The molecule has 130 valence electrons. The summed E-state index contributed by atoms with van der Waals surface area (Å²) < 4.78 is 16.3. The van der Waals surface area contributed by atoms with E-state index in [-0.39, 0.29) is 24.1 Å². The predicted molar refractivity (Wildman–Crippen MR) is 88.4 cm³/mol. The number of hydrogen-bond donors (Lipinski definition) is 0. The van der Waals surface area contributed by atoms with Gasteiger partial charge >= 0.3 is 0 Å². The molecule has 9 nitrogen and oxygen atoms in total. The molecular weight excluding hydrogens is 340 g/mol. The molecule has 0 fully saturated rings. The van der Waals surface area contributed by atoms with E-state index in [4.69, 9.17) is 19.2 Å². The molecule has 0 N–H and O–H groups in total. The van der Waals surface area contributed by atoms with Crippen LogP contribution in [0.2, 0.25) is 0 Å². The van der Waals surface area contributed by atoms with Gasteiger partial charge in [-0.15, -0.1) is 10.2 Å². The van der Waals surface area contributed by atoms with Gasteiger partial charge < -0.3 is 13.9 Å². The number of nitro groups is 1. The maximum atomic E-state index is 10.7. The fourth-order valence-electron chi connectivity index (χ4n) is 2.15. The highest BCUT2D eigenvalue weighted by molar-refractivity contribution is 5.55. The first kappa shape index (κ1) is 16.9. The van der Waals surface area contributed by atoms with Gasteiger partial charge in [0.25, 0.3) is 11.6 Å². The molecule has 0 spiro atoms. The third-order valence-corrected chi connectivity index (χ3v) is 3.44. The molecule has 0 radical (unpaired) electrons. The van der Waals surface area contributed by atoms with Crippen LogP contribution in [-0.2, 0) is 6.61 Å². The van der Waals surface area contributed by atoms with Crippen molar-refractivity contribution < 1.29 is 18.8 Å². The largest absolute Gasteiger partial charge is 0.493 e. The van der Waals surface area contributed by atoms with Gasteiger partial charge in [0.1, 0.15) is 0 Å². The summed E-state index contributed by atoms with van der Waals surface area (Å²) in [5.41, 5.74) is 0.988. The lowest BCUT2D eigenvalue weighted by Crippen LogP contribution is -1.98. The first-order valence-electron chi connectivity index (χ1n) is 7.39. The first-order valence-corrected chi connectivity index (χ1v) is 7.39. The number of nitriles is 1. The van der Waals surface area contributed by atoms with E-state index in [0.717, 1.165) is 0 Å². The topological polar surface area (TPSA) is 124 Å². The quantitative estimate of drug-likeness (QED) is 0.489. The Morgan fingerprint density at radius 2 is 1.96 bits per heavy atom. The molecule has 0 aliphatic heterocycles. The molecule has 3 aromatic rings. The highest BCUT2D eigenvalue weighted by Crippen LogP contribution is 2.29. The minimum atomic E-state index is -0.484. The highest BCUT2D eigenvalue weighted by Gasteiger charge is 2.13. The van der Waals surface area contributed by atoms with Crippen LogP contribution >= 0.6 is 0 Å². The van der Waals surface area contributed by atoms with Crippen molar-refractivity contribution in [1.29, 1.82) is 5.26 Å². The smallest absolute Gasteiger partial charge is 0.269 e. The molecule has 26 heavy (non-hydrogen) atoms. The molecule has 0 saturated carbocycles. The number of methoxy groups -OCH3 is 1. The van der Waals surface area contributed by atoms with Crippen molar-refractivity contribution in [3.63, 3.8) is 0 Å². The fraction of sp³-hybridized carbons (Fsp3) is 0.118. The second-order valence-electron chi connectivity index (χ2n) is 5.07. The Hall–Kier alpha value is -3.93. The molecule has 0 aliphatic rings. The van der Waals surface area contributed by atoms with E-state index in [1.54, 1.807) is 18.2 Å². The molecule has 1 aromatic heterocycles. The maximum Gasteiger partial charge on any atom is 0.269 e. The van der Waals surface area contributed by atoms with Crippen LogP contribution in [0.3, 0.4) is 0 Å². The zero-order chi connectivity index (χ0) is 18.5. The number of hydrogen-bond acceptors (Lipinski definition) is 8. The Morgan fingerprint density at radius 1 is 1.19 bits per heavy atom. The number of rotatable bonds is 6. The monoisotopic (exact) mass is 352 g/mol. The van der Waals surface area contributed by atoms with Crippen molar-refractivity contribution in [2.75, 3.05) is 7.11 Å². The molecular formula is C17H12N4O5. The van der Waals surface area contributed by atoms with E-state index in [0.29, 0.717) is 22.6 Å². The van der Waals surface area contributed by atoms with Gasteiger partial charge in [-0.05, 0) is 24.3 Å². The summed E-state index contributed by atoms with van der Waals surface area (Å²) in [4.78, 5) is 10.2. The number of nitro benzene ring substituents is 1. The third-order valence-electron chi connectivity index (χ3n) is 3.44. The van der Waals surface area contributed by atoms with Crippen molar-refractivity contribution >= 4 is 5.69 Å². The van der Waals surface area contributed by atoms with Crippen LogP contribution in [0, 0.1) is 21.4 Å². The molecule has 9 heteroatoms. The van der Waals surface area contributed by atoms with Gasteiger partial charge in [0.05, 0.1) is 23.7 Å². The van der Waals surface area contributed by atoms with E-state index in [9.17, 15) is 10.1 Å². The molecule has 0 aliphatic carbocycles. The summed E-state index contributed by atoms with van der Waals surface area (Å²) in [6, 6.07) is 12.6. The van der Waals surface area contributed by atoms with Crippen LogP contribution in [0.25, 0.3) is 11.5 Å². The number of benzene rings is 2. The summed E-state index contributed by atoms with van der Waals surface area (Å²) in [6.45, 7) is 0.00222. The summed E-state index contributed by atoms with van der Waals surface area (Å²) in [6.07, 6.45) is 0. The Morgan fingerprint density at radius 3 is 2.62 bits per heavy atom.